The van der Waals surface area contributed by atoms with E-state index in [2.05, 4.69) is 20.8 Å². The highest BCUT2D eigenvalue weighted by Gasteiger charge is 2.22. The molecule has 3 nitrogen and oxygen atoms in total. The summed E-state index contributed by atoms with van der Waals surface area (Å²) in [6.07, 6.45) is 4.66. The number of rotatable bonds is 9. The van der Waals surface area contributed by atoms with E-state index in [0.717, 1.165) is 70.5 Å². The number of unbranched alkanes of at least 4 members (excludes halogenated alkanes) is 2. The maximum atomic E-state index is 13.7. The Bertz CT molecular complexity index is 1060. The number of phenolic OH excluding ortho intramolecular Hbond substituents is 1. The Hall–Kier alpha value is -2.72. The fraction of sp³-hybridized carbons (Fsp3) is 0.393. The Morgan fingerprint density at radius 2 is 1.72 bits per heavy atom. The maximum Gasteiger partial charge on any atom is 0.123 e. The van der Waals surface area contributed by atoms with Crippen molar-refractivity contribution in [3.8, 4) is 16.9 Å². The van der Waals surface area contributed by atoms with Crippen LogP contribution < -0.4 is 0 Å². The van der Waals surface area contributed by atoms with Gasteiger partial charge in [-0.05, 0) is 71.7 Å². The van der Waals surface area contributed by atoms with Gasteiger partial charge in [0.25, 0.3) is 0 Å². The SMILES string of the molecule is CCCCCc1c(Cc2ccc(C)c(O)c2)nc(C(C)C)c(CO)c1-c1ccc(F)cc1. The van der Waals surface area contributed by atoms with Gasteiger partial charge in [-0.15, -0.1) is 0 Å². The van der Waals surface area contributed by atoms with Gasteiger partial charge in [0.1, 0.15) is 11.6 Å². The molecule has 0 unspecified atom stereocenters. The van der Waals surface area contributed by atoms with Gasteiger partial charge in [-0.2, -0.15) is 0 Å². The van der Waals surface area contributed by atoms with Crippen LogP contribution in [-0.4, -0.2) is 15.2 Å². The first kappa shape index (κ1) is 23.9. The van der Waals surface area contributed by atoms with Gasteiger partial charge >= 0.3 is 0 Å². The molecule has 3 aromatic rings. The first-order chi connectivity index (χ1) is 15.3. The second-order valence-electron chi connectivity index (χ2n) is 8.85. The molecule has 32 heavy (non-hydrogen) atoms. The lowest BCUT2D eigenvalue weighted by Crippen LogP contribution is -2.12. The summed E-state index contributed by atoms with van der Waals surface area (Å²) in [5.74, 6) is 0.136. The molecular formula is C28H34FNO2. The van der Waals surface area contributed by atoms with Gasteiger partial charge in [0.2, 0.25) is 0 Å². The molecule has 170 valence electrons. The zero-order valence-electron chi connectivity index (χ0n) is 19.6. The summed E-state index contributed by atoms with van der Waals surface area (Å²) < 4.78 is 13.7. The quantitative estimate of drug-likeness (QED) is 0.362. The third-order valence-electron chi connectivity index (χ3n) is 6.03. The van der Waals surface area contributed by atoms with Crippen LogP contribution >= 0.6 is 0 Å². The van der Waals surface area contributed by atoms with Crippen molar-refractivity contribution >= 4 is 0 Å². The molecule has 0 atom stereocenters. The van der Waals surface area contributed by atoms with Crippen molar-refractivity contribution in [2.75, 3.05) is 0 Å². The molecule has 0 saturated carbocycles. The fourth-order valence-corrected chi connectivity index (χ4v) is 4.26. The van der Waals surface area contributed by atoms with Crippen molar-refractivity contribution in [2.45, 2.75) is 72.3 Å². The molecule has 0 aliphatic carbocycles. The van der Waals surface area contributed by atoms with E-state index in [0.29, 0.717) is 6.42 Å². The van der Waals surface area contributed by atoms with Crippen LogP contribution in [0.3, 0.4) is 0 Å². The maximum absolute atomic E-state index is 13.7. The van der Waals surface area contributed by atoms with E-state index in [-0.39, 0.29) is 24.1 Å². The number of hydrogen-bond donors (Lipinski definition) is 2. The third-order valence-corrected chi connectivity index (χ3v) is 6.03. The Kier molecular flexibility index (Phi) is 8.03. The molecule has 1 aromatic heterocycles. The van der Waals surface area contributed by atoms with Crippen molar-refractivity contribution in [1.29, 1.82) is 0 Å². The summed E-state index contributed by atoms with van der Waals surface area (Å²) in [4.78, 5) is 5.06. The predicted octanol–water partition coefficient (Wildman–Crippen LogP) is 6.84. The summed E-state index contributed by atoms with van der Waals surface area (Å²) in [6, 6.07) is 12.3. The van der Waals surface area contributed by atoms with Crippen molar-refractivity contribution < 1.29 is 14.6 Å². The molecule has 2 aromatic carbocycles. The van der Waals surface area contributed by atoms with E-state index in [4.69, 9.17) is 4.98 Å². The zero-order chi connectivity index (χ0) is 23.3. The number of aliphatic hydroxyl groups excluding tert-OH is 1. The molecule has 0 saturated heterocycles. The topological polar surface area (TPSA) is 53.4 Å². The number of aromatic hydroxyl groups is 1. The van der Waals surface area contributed by atoms with Crippen LogP contribution in [-0.2, 0) is 19.4 Å². The van der Waals surface area contributed by atoms with E-state index >= 15 is 0 Å². The van der Waals surface area contributed by atoms with Gasteiger partial charge in [-0.1, -0.05) is 57.9 Å². The average Bonchev–Trinajstić information content (AvgIpc) is 2.77. The van der Waals surface area contributed by atoms with Crippen molar-refractivity contribution in [3.63, 3.8) is 0 Å². The van der Waals surface area contributed by atoms with Crippen LogP contribution in [0.5, 0.6) is 5.75 Å². The highest BCUT2D eigenvalue weighted by molar-refractivity contribution is 5.73. The molecule has 0 aliphatic heterocycles. The Balaban J connectivity index is 2.24. The summed E-state index contributed by atoms with van der Waals surface area (Å²) in [7, 11) is 0. The lowest BCUT2D eigenvalue weighted by molar-refractivity contribution is 0.279. The standard InChI is InChI=1S/C28H34FNO2/c1-5-6-7-8-23-25(15-20-10-9-19(4)26(32)16-20)30-28(18(2)3)24(17-31)27(23)21-11-13-22(29)14-12-21/h9-14,16,18,31-32H,5-8,15,17H2,1-4H3. The number of halogens is 1. The monoisotopic (exact) mass is 435 g/mol. The average molecular weight is 436 g/mol. The molecule has 1 heterocycles. The van der Waals surface area contributed by atoms with Crippen LogP contribution in [0.25, 0.3) is 11.1 Å². The number of phenols is 1. The number of benzene rings is 2. The minimum atomic E-state index is -0.277. The van der Waals surface area contributed by atoms with E-state index in [1.54, 1.807) is 18.2 Å². The lowest BCUT2D eigenvalue weighted by Gasteiger charge is -2.23. The molecule has 0 bridgehead atoms. The molecule has 0 amide bonds. The molecule has 2 N–H and O–H groups in total. The number of hydrogen-bond acceptors (Lipinski definition) is 3. The predicted molar refractivity (Wildman–Crippen MR) is 129 cm³/mol. The first-order valence-electron chi connectivity index (χ1n) is 11.6. The van der Waals surface area contributed by atoms with Crippen molar-refractivity contribution in [1.82, 2.24) is 4.98 Å². The van der Waals surface area contributed by atoms with Gasteiger partial charge in [-0.25, -0.2) is 4.39 Å². The molecule has 3 rings (SSSR count). The first-order valence-corrected chi connectivity index (χ1v) is 11.6. The number of pyridine rings is 1. The molecule has 0 radical (unpaired) electrons. The Morgan fingerprint density at radius 3 is 2.31 bits per heavy atom. The highest BCUT2D eigenvalue weighted by atomic mass is 19.1. The second kappa shape index (κ2) is 10.7. The number of aryl methyl sites for hydroxylation is 1. The molecule has 0 aliphatic rings. The van der Waals surface area contributed by atoms with Crippen LogP contribution in [0.2, 0.25) is 0 Å². The fourth-order valence-electron chi connectivity index (χ4n) is 4.26. The molecule has 4 heteroatoms. The van der Waals surface area contributed by atoms with Crippen molar-refractivity contribution in [2.24, 2.45) is 0 Å². The van der Waals surface area contributed by atoms with Gasteiger partial charge in [0.15, 0.2) is 0 Å². The smallest absolute Gasteiger partial charge is 0.123 e. The Morgan fingerprint density at radius 1 is 1.00 bits per heavy atom. The van der Waals surface area contributed by atoms with E-state index in [9.17, 15) is 14.6 Å². The van der Waals surface area contributed by atoms with E-state index < -0.39 is 0 Å². The summed E-state index contributed by atoms with van der Waals surface area (Å²) in [6.45, 7) is 8.10. The van der Waals surface area contributed by atoms with E-state index in [1.165, 1.54) is 12.1 Å². The molecule has 0 fully saturated rings. The minimum absolute atomic E-state index is 0.112. The largest absolute Gasteiger partial charge is 0.508 e. The third kappa shape index (κ3) is 5.36. The van der Waals surface area contributed by atoms with Gasteiger partial charge in [0.05, 0.1) is 6.61 Å². The molecule has 0 spiro atoms. The van der Waals surface area contributed by atoms with Gasteiger partial charge in [0, 0.05) is 23.4 Å². The zero-order valence-corrected chi connectivity index (χ0v) is 19.6. The number of aromatic nitrogens is 1. The molecular weight excluding hydrogens is 401 g/mol. The van der Waals surface area contributed by atoms with E-state index in [1.807, 2.05) is 19.1 Å². The highest BCUT2D eigenvalue weighted by Crippen LogP contribution is 2.36. The lowest BCUT2D eigenvalue weighted by atomic mass is 9.86. The number of nitrogens with zero attached hydrogens (tertiary/aromatic N) is 1. The van der Waals surface area contributed by atoms with Crippen LogP contribution in [0.15, 0.2) is 42.5 Å². The van der Waals surface area contributed by atoms with Crippen LogP contribution in [0, 0.1) is 12.7 Å². The van der Waals surface area contributed by atoms with Gasteiger partial charge in [-0.3, -0.25) is 4.98 Å². The Labute approximate surface area is 191 Å². The minimum Gasteiger partial charge on any atom is -0.508 e. The summed E-state index contributed by atoms with van der Waals surface area (Å²) in [5.41, 5.74) is 7.49. The number of aliphatic hydroxyl groups is 1. The van der Waals surface area contributed by atoms with Crippen molar-refractivity contribution in [3.05, 3.63) is 81.9 Å². The second-order valence-corrected chi connectivity index (χ2v) is 8.85. The van der Waals surface area contributed by atoms with Crippen LogP contribution in [0.4, 0.5) is 4.39 Å². The normalized spacial score (nSPS) is 11.3. The summed E-state index contributed by atoms with van der Waals surface area (Å²) in [5, 5.41) is 20.6. The van der Waals surface area contributed by atoms with Crippen LogP contribution in [0.1, 0.15) is 79.6 Å². The summed E-state index contributed by atoms with van der Waals surface area (Å²) >= 11 is 0. The van der Waals surface area contributed by atoms with Gasteiger partial charge < -0.3 is 10.2 Å².